The number of rotatable bonds is 3. The van der Waals surface area contributed by atoms with E-state index in [2.05, 4.69) is 6.58 Å². The Morgan fingerprint density at radius 3 is 2.33 bits per heavy atom. The van der Waals surface area contributed by atoms with Gasteiger partial charge in [0.2, 0.25) is 0 Å². The number of hydrogen-bond donors (Lipinski definition) is 2. The minimum atomic E-state index is -1.17. The molecule has 0 aliphatic carbocycles. The molecule has 0 aliphatic rings. The summed E-state index contributed by atoms with van der Waals surface area (Å²) in [6.07, 6.45) is 1.26. The van der Waals surface area contributed by atoms with Crippen molar-refractivity contribution < 1.29 is 19.8 Å². The van der Waals surface area contributed by atoms with Gasteiger partial charge in [-0.05, 0) is 16.8 Å². The van der Waals surface area contributed by atoms with Gasteiger partial charge in [-0.15, -0.1) is 0 Å². The van der Waals surface area contributed by atoms with Crippen LogP contribution in [0, 0.1) is 0 Å². The van der Waals surface area contributed by atoms with Crippen LogP contribution in [0.5, 0.6) is 0 Å². The zero-order valence-corrected chi connectivity index (χ0v) is 9.38. The standard InChI is InChI=1S/C14H10O4/c1-2-9-11(13(15)16)7-8-5-3-4-6-10(8)12(9)14(17)18/h2-7H,1H2,(H,15,16)(H,17,18). The molecule has 2 aromatic carbocycles. The first-order valence-electron chi connectivity index (χ1n) is 5.21. The Hall–Kier alpha value is -2.62. The maximum absolute atomic E-state index is 11.3. The lowest BCUT2D eigenvalue weighted by atomic mass is 9.94. The maximum atomic E-state index is 11.3. The predicted molar refractivity (Wildman–Crippen MR) is 68.0 cm³/mol. The molecule has 0 aliphatic heterocycles. The van der Waals surface area contributed by atoms with E-state index in [-0.39, 0.29) is 16.7 Å². The molecule has 4 nitrogen and oxygen atoms in total. The number of carbonyl (C=O) groups is 2. The van der Waals surface area contributed by atoms with E-state index in [1.807, 2.05) is 0 Å². The van der Waals surface area contributed by atoms with E-state index in [9.17, 15) is 14.7 Å². The van der Waals surface area contributed by atoms with E-state index >= 15 is 0 Å². The molecular formula is C14H10O4. The molecule has 0 saturated heterocycles. The number of fused-ring (bicyclic) bond motifs is 1. The Morgan fingerprint density at radius 1 is 1.11 bits per heavy atom. The fourth-order valence-electron chi connectivity index (χ4n) is 1.98. The fraction of sp³-hybridized carbons (Fsp3) is 0. The van der Waals surface area contributed by atoms with Gasteiger partial charge in [0.25, 0.3) is 0 Å². The van der Waals surface area contributed by atoms with Crippen LogP contribution in [0.25, 0.3) is 16.8 Å². The fourth-order valence-corrected chi connectivity index (χ4v) is 1.98. The molecule has 2 rings (SSSR count). The molecule has 18 heavy (non-hydrogen) atoms. The van der Waals surface area contributed by atoms with Crippen LogP contribution in [-0.2, 0) is 0 Å². The van der Waals surface area contributed by atoms with Crippen LogP contribution < -0.4 is 0 Å². The molecule has 2 aromatic rings. The van der Waals surface area contributed by atoms with Crippen molar-refractivity contribution in [3.63, 3.8) is 0 Å². The van der Waals surface area contributed by atoms with Crippen LogP contribution in [-0.4, -0.2) is 22.2 Å². The average Bonchev–Trinajstić information content (AvgIpc) is 2.35. The molecule has 0 unspecified atom stereocenters. The minimum Gasteiger partial charge on any atom is -0.478 e. The van der Waals surface area contributed by atoms with Crippen molar-refractivity contribution in [2.24, 2.45) is 0 Å². The average molecular weight is 242 g/mol. The van der Waals surface area contributed by atoms with Gasteiger partial charge < -0.3 is 10.2 Å². The van der Waals surface area contributed by atoms with Gasteiger partial charge in [0.15, 0.2) is 0 Å². The summed E-state index contributed by atoms with van der Waals surface area (Å²) in [6, 6.07) is 8.23. The number of carboxylic acid groups (broad SMARTS) is 2. The van der Waals surface area contributed by atoms with Crippen LogP contribution in [0.15, 0.2) is 36.9 Å². The highest BCUT2D eigenvalue weighted by molar-refractivity contribution is 6.11. The van der Waals surface area contributed by atoms with Crippen LogP contribution in [0.3, 0.4) is 0 Å². The van der Waals surface area contributed by atoms with E-state index in [1.165, 1.54) is 12.1 Å². The van der Waals surface area contributed by atoms with Crippen molar-refractivity contribution in [2.45, 2.75) is 0 Å². The normalized spacial score (nSPS) is 10.2. The molecule has 90 valence electrons. The summed E-state index contributed by atoms with van der Waals surface area (Å²) in [4.78, 5) is 22.5. The lowest BCUT2D eigenvalue weighted by molar-refractivity contribution is 0.0696. The Balaban J connectivity index is 3.01. The van der Waals surface area contributed by atoms with Gasteiger partial charge in [-0.2, -0.15) is 0 Å². The topological polar surface area (TPSA) is 74.6 Å². The Bertz CT molecular complexity index is 671. The van der Waals surface area contributed by atoms with Gasteiger partial charge in [0.05, 0.1) is 11.1 Å². The first kappa shape index (κ1) is 11.9. The van der Waals surface area contributed by atoms with E-state index in [1.54, 1.807) is 24.3 Å². The molecule has 0 bridgehead atoms. The monoisotopic (exact) mass is 242 g/mol. The molecule has 0 amide bonds. The molecule has 0 fully saturated rings. The highest BCUT2D eigenvalue weighted by Crippen LogP contribution is 2.27. The third-order valence-electron chi connectivity index (χ3n) is 2.74. The van der Waals surface area contributed by atoms with Crippen LogP contribution in [0.1, 0.15) is 26.3 Å². The Kier molecular flexibility index (Phi) is 2.85. The molecule has 0 atom stereocenters. The third kappa shape index (κ3) is 1.73. The van der Waals surface area contributed by atoms with Crippen LogP contribution >= 0.6 is 0 Å². The highest BCUT2D eigenvalue weighted by atomic mass is 16.4. The second-order valence-corrected chi connectivity index (χ2v) is 3.75. The van der Waals surface area contributed by atoms with Gasteiger partial charge in [0, 0.05) is 5.56 Å². The molecule has 0 spiro atoms. The first-order valence-corrected chi connectivity index (χ1v) is 5.21. The smallest absolute Gasteiger partial charge is 0.336 e. The molecule has 0 radical (unpaired) electrons. The molecule has 2 N–H and O–H groups in total. The first-order chi connectivity index (χ1) is 8.56. The van der Waals surface area contributed by atoms with Crippen molar-refractivity contribution in [2.75, 3.05) is 0 Å². The number of aromatic carboxylic acids is 2. The van der Waals surface area contributed by atoms with E-state index < -0.39 is 11.9 Å². The zero-order valence-electron chi connectivity index (χ0n) is 9.38. The van der Waals surface area contributed by atoms with Crippen molar-refractivity contribution in [1.82, 2.24) is 0 Å². The van der Waals surface area contributed by atoms with Gasteiger partial charge >= 0.3 is 11.9 Å². The van der Waals surface area contributed by atoms with Gasteiger partial charge in [0.1, 0.15) is 0 Å². The molecule has 0 heterocycles. The van der Waals surface area contributed by atoms with Crippen molar-refractivity contribution in [1.29, 1.82) is 0 Å². The number of carboxylic acids is 2. The summed E-state index contributed by atoms with van der Waals surface area (Å²) in [5.41, 5.74) is 0.0512. The molecular weight excluding hydrogens is 232 g/mol. The summed E-state index contributed by atoms with van der Waals surface area (Å²) in [5, 5.41) is 19.5. The third-order valence-corrected chi connectivity index (χ3v) is 2.74. The maximum Gasteiger partial charge on any atom is 0.336 e. The van der Waals surface area contributed by atoms with Crippen molar-refractivity contribution >= 4 is 28.8 Å². The summed E-state index contributed by atoms with van der Waals surface area (Å²) in [6.45, 7) is 3.50. The minimum absolute atomic E-state index is 0.0273. The summed E-state index contributed by atoms with van der Waals surface area (Å²) in [5.74, 6) is -2.33. The Morgan fingerprint density at radius 2 is 1.78 bits per heavy atom. The van der Waals surface area contributed by atoms with Gasteiger partial charge in [-0.1, -0.05) is 36.9 Å². The summed E-state index contributed by atoms with van der Waals surface area (Å²) < 4.78 is 0. The summed E-state index contributed by atoms with van der Waals surface area (Å²) in [7, 11) is 0. The highest BCUT2D eigenvalue weighted by Gasteiger charge is 2.19. The zero-order chi connectivity index (χ0) is 13.3. The van der Waals surface area contributed by atoms with E-state index in [0.717, 1.165) is 0 Å². The summed E-state index contributed by atoms with van der Waals surface area (Å²) >= 11 is 0. The predicted octanol–water partition coefficient (Wildman–Crippen LogP) is 2.88. The molecule has 4 heteroatoms. The van der Waals surface area contributed by atoms with E-state index in [4.69, 9.17) is 5.11 Å². The Labute approximate surface area is 103 Å². The number of hydrogen-bond acceptors (Lipinski definition) is 2. The molecule has 0 saturated carbocycles. The molecule has 0 aromatic heterocycles. The van der Waals surface area contributed by atoms with Gasteiger partial charge in [-0.25, -0.2) is 9.59 Å². The van der Waals surface area contributed by atoms with Gasteiger partial charge in [-0.3, -0.25) is 0 Å². The number of benzene rings is 2. The van der Waals surface area contributed by atoms with E-state index in [0.29, 0.717) is 10.8 Å². The lowest BCUT2D eigenvalue weighted by Gasteiger charge is -2.10. The van der Waals surface area contributed by atoms with Crippen molar-refractivity contribution in [3.8, 4) is 0 Å². The lowest BCUT2D eigenvalue weighted by Crippen LogP contribution is -2.08. The van der Waals surface area contributed by atoms with Crippen LogP contribution in [0.4, 0.5) is 0 Å². The van der Waals surface area contributed by atoms with Crippen molar-refractivity contribution in [3.05, 3.63) is 53.6 Å². The quantitative estimate of drug-likeness (QED) is 0.867. The SMILES string of the molecule is C=Cc1c(C(=O)O)cc2ccccc2c1C(=O)O. The second-order valence-electron chi connectivity index (χ2n) is 3.75. The second kappa shape index (κ2) is 4.33. The van der Waals surface area contributed by atoms with Crippen LogP contribution in [0.2, 0.25) is 0 Å². The largest absolute Gasteiger partial charge is 0.478 e.